The van der Waals surface area contributed by atoms with E-state index in [9.17, 15) is 0 Å². The van der Waals surface area contributed by atoms with Crippen molar-refractivity contribution in [2.45, 2.75) is 39.6 Å². The summed E-state index contributed by atoms with van der Waals surface area (Å²) in [6, 6.07) is 7.88. The molecule has 0 amide bonds. The molecule has 0 saturated heterocycles. The van der Waals surface area contributed by atoms with Crippen molar-refractivity contribution < 1.29 is 0 Å². The minimum atomic E-state index is 0.257. The Morgan fingerprint density at radius 1 is 1.37 bits per heavy atom. The fraction of sp³-hybridized carbons (Fsp3) is 0.467. The number of fused-ring (bicyclic) bond motifs is 1. The van der Waals surface area contributed by atoms with E-state index >= 15 is 0 Å². The highest BCUT2D eigenvalue weighted by Crippen LogP contribution is 2.25. The summed E-state index contributed by atoms with van der Waals surface area (Å²) in [5.41, 5.74) is 2.62. The number of imidazole rings is 1. The fourth-order valence-electron chi connectivity index (χ4n) is 2.08. The molecule has 0 fully saturated rings. The van der Waals surface area contributed by atoms with Gasteiger partial charge in [-0.1, -0.05) is 26.8 Å². The second-order valence-electron chi connectivity index (χ2n) is 5.91. The first-order chi connectivity index (χ1) is 8.96. The second kappa shape index (κ2) is 5.22. The second-order valence-corrected chi connectivity index (χ2v) is 6.18. The van der Waals surface area contributed by atoms with Crippen LogP contribution in [-0.2, 0) is 12.4 Å². The molecule has 0 aliphatic rings. The van der Waals surface area contributed by atoms with Crippen LogP contribution in [0.1, 0.15) is 38.6 Å². The molecule has 100 valence electrons. The molecule has 1 aromatic carbocycles. The Hall–Kier alpha value is -1.53. The topological polar surface area (TPSA) is 41.6 Å². The van der Waals surface area contributed by atoms with E-state index in [0.717, 1.165) is 29.8 Å². The molecule has 1 heterocycles. The van der Waals surface area contributed by atoms with Crippen molar-refractivity contribution in [3.05, 3.63) is 29.6 Å². The van der Waals surface area contributed by atoms with Crippen molar-refractivity contribution in [2.24, 2.45) is 5.41 Å². The Labute approximate surface area is 118 Å². The van der Waals surface area contributed by atoms with Crippen molar-refractivity contribution in [3.63, 3.8) is 0 Å². The van der Waals surface area contributed by atoms with Gasteiger partial charge in [-0.25, -0.2) is 4.98 Å². The molecule has 0 bridgehead atoms. The van der Waals surface area contributed by atoms with E-state index in [2.05, 4.69) is 36.4 Å². The van der Waals surface area contributed by atoms with Crippen LogP contribution in [0.5, 0.6) is 0 Å². The molecule has 0 aliphatic carbocycles. The molecule has 0 radical (unpaired) electrons. The van der Waals surface area contributed by atoms with Crippen molar-refractivity contribution >= 4 is 22.6 Å². The molecule has 0 aliphatic heterocycles. The number of nitriles is 1. The molecular formula is C15H18ClN3. The summed E-state index contributed by atoms with van der Waals surface area (Å²) >= 11 is 5.98. The van der Waals surface area contributed by atoms with E-state index in [4.69, 9.17) is 16.9 Å². The van der Waals surface area contributed by atoms with Crippen LogP contribution in [0, 0.1) is 16.7 Å². The molecule has 0 N–H and O–H groups in total. The molecule has 0 unspecified atom stereocenters. The number of alkyl halides is 1. The molecule has 2 rings (SSSR count). The number of rotatable bonds is 3. The summed E-state index contributed by atoms with van der Waals surface area (Å²) in [6.07, 6.45) is 1.04. The number of benzene rings is 1. The molecule has 0 spiro atoms. The zero-order valence-corrected chi connectivity index (χ0v) is 12.3. The number of aromatic nitrogens is 2. The average molecular weight is 276 g/mol. The number of nitrogens with zero attached hydrogens (tertiary/aromatic N) is 3. The minimum absolute atomic E-state index is 0.257. The first kappa shape index (κ1) is 13.9. The molecule has 2 aromatic rings. The Balaban J connectivity index is 2.50. The number of halogens is 1. The van der Waals surface area contributed by atoms with Crippen LogP contribution in [0.4, 0.5) is 0 Å². The Kier molecular flexibility index (Phi) is 3.82. The summed E-state index contributed by atoms with van der Waals surface area (Å²) in [5.74, 6) is 1.20. The zero-order chi connectivity index (χ0) is 14.0. The Bertz CT molecular complexity index is 629. The predicted molar refractivity (Wildman–Crippen MR) is 78.1 cm³/mol. The third-order valence-electron chi connectivity index (χ3n) is 3.18. The van der Waals surface area contributed by atoms with E-state index in [-0.39, 0.29) is 5.41 Å². The monoisotopic (exact) mass is 275 g/mol. The maximum absolute atomic E-state index is 9.14. The van der Waals surface area contributed by atoms with Gasteiger partial charge in [0.2, 0.25) is 0 Å². The van der Waals surface area contributed by atoms with Gasteiger partial charge in [-0.2, -0.15) is 5.26 Å². The van der Waals surface area contributed by atoms with Gasteiger partial charge in [-0.05, 0) is 24.0 Å². The van der Waals surface area contributed by atoms with Crippen molar-refractivity contribution in [3.8, 4) is 6.07 Å². The molecule has 0 atom stereocenters. The standard InChI is InChI=1S/C15H18ClN3/c1-15(2,3)7-8-19-12-6-4-5-11(10-17)14(12)18-13(19)9-16/h4-6H,7-9H2,1-3H3. The highest BCUT2D eigenvalue weighted by atomic mass is 35.5. The maximum Gasteiger partial charge on any atom is 0.124 e. The predicted octanol–water partition coefficient (Wildman–Crippen LogP) is 4.08. The maximum atomic E-state index is 9.14. The minimum Gasteiger partial charge on any atom is -0.327 e. The average Bonchev–Trinajstić information content (AvgIpc) is 2.73. The van der Waals surface area contributed by atoms with Crippen LogP contribution in [-0.4, -0.2) is 9.55 Å². The zero-order valence-electron chi connectivity index (χ0n) is 11.6. The normalized spacial score (nSPS) is 11.7. The van der Waals surface area contributed by atoms with E-state index in [0.29, 0.717) is 11.4 Å². The van der Waals surface area contributed by atoms with Gasteiger partial charge >= 0.3 is 0 Å². The van der Waals surface area contributed by atoms with E-state index in [1.165, 1.54) is 0 Å². The summed E-state index contributed by atoms with van der Waals surface area (Å²) in [4.78, 5) is 4.51. The van der Waals surface area contributed by atoms with Crippen LogP contribution >= 0.6 is 11.6 Å². The van der Waals surface area contributed by atoms with Crippen LogP contribution in [0.25, 0.3) is 11.0 Å². The summed E-state index contributed by atoms with van der Waals surface area (Å²) in [7, 11) is 0. The van der Waals surface area contributed by atoms with E-state index in [1.54, 1.807) is 6.07 Å². The molecule has 3 nitrogen and oxygen atoms in total. The van der Waals surface area contributed by atoms with Crippen molar-refractivity contribution in [2.75, 3.05) is 0 Å². The van der Waals surface area contributed by atoms with Gasteiger partial charge in [-0.3, -0.25) is 0 Å². The number of aryl methyl sites for hydroxylation is 1. The van der Waals surface area contributed by atoms with Gasteiger partial charge in [0.25, 0.3) is 0 Å². The van der Waals surface area contributed by atoms with E-state index in [1.807, 2.05) is 12.1 Å². The largest absolute Gasteiger partial charge is 0.327 e. The molecular weight excluding hydrogens is 258 g/mol. The quantitative estimate of drug-likeness (QED) is 0.792. The smallest absolute Gasteiger partial charge is 0.124 e. The fourth-order valence-corrected chi connectivity index (χ4v) is 2.29. The van der Waals surface area contributed by atoms with Crippen LogP contribution in [0.2, 0.25) is 0 Å². The third-order valence-corrected chi connectivity index (χ3v) is 3.42. The highest BCUT2D eigenvalue weighted by molar-refractivity contribution is 6.16. The molecule has 1 aromatic heterocycles. The number of para-hydroxylation sites is 1. The number of hydrogen-bond acceptors (Lipinski definition) is 2. The van der Waals surface area contributed by atoms with Crippen molar-refractivity contribution in [1.29, 1.82) is 5.26 Å². The summed E-state index contributed by atoms with van der Waals surface area (Å²) in [5, 5.41) is 9.14. The van der Waals surface area contributed by atoms with Crippen LogP contribution < -0.4 is 0 Å². The van der Waals surface area contributed by atoms with Gasteiger partial charge in [0.15, 0.2) is 0 Å². The van der Waals surface area contributed by atoms with Gasteiger partial charge in [0, 0.05) is 6.54 Å². The SMILES string of the molecule is CC(C)(C)CCn1c(CCl)nc2c(C#N)cccc21. The van der Waals surface area contributed by atoms with Crippen molar-refractivity contribution in [1.82, 2.24) is 9.55 Å². The van der Waals surface area contributed by atoms with E-state index < -0.39 is 0 Å². The lowest BCUT2D eigenvalue weighted by molar-refractivity contribution is 0.351. The molecule has 0 saturated carbocycles. The first-order valence-corrected chi connectivity index (χ1v) is 6.94. The lowest BCUT2D eigenvalue weighted by Crippen LogP contribution is -2.11. The summed E-state index contributed by atoms with van der Waals surface area (Å²) in [6.45, 7) is 7.52. The molecule has 4 heteroatoms. The van der Waals surface area contributed by atoms with Crippen LogP contribution in [0.3, 0.4) is 0 Å². The number of hydrogen-bond donors (Lipinski definition) is 0. The van der Waals surface area contributed by atoms with Gasteiger partial charge in [0.1, 0.15) is 17.4 Å². The lowest BCUT2D eigenvalue weighted by atomic mass is 9.92. The Morgan fingerprint density at radius 2 is 2.11 bits per heavy atom. The van der Waals surface area contributed by atoms with Gasteiger partial charge < -0.3 is 4.57 Å². The van der Waals surface area contributed by atoms with Gasteiger partial charge in [0.05, 0.1) is 17.0 Å². The lowest BCUT2D eigenvalue weighted by Gasteiger charge is -2.19. The Morgan fingerprint density at radius 3 is 2.68 bits per heavy atom. The van der Waals surface area contributed by atoms with Gasteiger partial charge in [-0.15, -0.1) is 11.6 Å². The summed E-state index contributed by atoms with van der Waals surface area (Å²) < 4.78 is 2.13. The van der Waals surface area contributed by atoms with Crippen LogP contribution in [0.15, 0.2) is 18.2 Å². The third kappa shape index (κ3) is 2.90. The highest BCUT2D eigenvalue weighted by Gasteiger charge is 2.16. The molecule has 19 heavy (non-hydrogen) atoms. The first-order valence-electron chi connectivity index (χ1n) is 6.40.